The molecular formula is C26H30N2O4. The minimum Gasteiger partial charge on any atom is -0.493 e. The quantitative estimate of drug-likeness (QED) is 0.734. The summed E-state index contributed by atoms with van der Waals surface area (Å²) in [7, 11) is 3.15. The molecule has 0 radical (unpaired) electrons. The SMILES string of the molecule is COc1cc2c(cc1OC)[C@H](C(=O)N1CCCCCC1)[C@H]1c3ccccc3CCN1C2=O. The Morgan fingerprint density at radius 3 is 2.31 bits per heavy atom. The fourth-order valence-electron chi connectivity index (χ4n) is 5.60. The first-order valence-electron chi connectivity index (χ1n) is 11.6. The maximum Gasteiger partial charge on any atom is 0.254 e. The smallest absolute Gasteiger partial charge is 0.254 e. The van der Waals surface area contributed by atoms with Crippen LogP contribution >= 0.6 is 0 Å². The lowest BCUT2D eigenvalue weighted by Gasteiger charge is -2.46. The summed E-state index contributed by atoms with van der Waals surface area (Å²) in [5, 5.41) is 0. The largest absolute Gasteiger partial charge is 0.493 e. The number of carbonyl (C=O) groups is 2. The minimum atomic E-state index is -0.456. The topological polar surface area (TPSA) is 59.1 Å². The normalized spacial score (nSPS) is 22.4. The summed E-state index contributed by atoms with van der Waals surface area (Å²) in [4.78, 5) is 31.7. The molecule has 168 valence electrons. The van der Waals surface area contributed by atoms with E-state index < -0.39 is 5.92 Å². The first-order chi connectivity index (χ1) is 15.6. The van der Waals surface area contributed by atoms with Crippen molar-refractivity contribution in [2.75, 3.05) is 33.9 Å². The van der Waals surface area contributed by atoms with E-state index >= 15 is 0 Å². The van der Waals surface area contributed by atoms with Gasteiger partial charge in [0.05, 0.1) is 26.2 Å². The van der Waals surface area contributed by atoms with Crippen LogP contribution < -0.4 is 9.47 Å². The summed E-state index contributed by atoms with van der Waals surface area (Å²) in [6.45, 7) is 2.17. The molecule has 0 saturated carbocycles. The molecule has 32 heavy (non-hydrogen) atoms. The van der Waals surface area contributed by atoms with Crippen LogP contribution in [0.4, 0.5) is 0 Å². The van der Waals surface area contributed by atoms with E-state index in [1.54, 1.807) is 20.3 Å². The first-order valence-corrected chi connectivity index (χ1v) is 11.6. The molecular weight excluding hydrogens is 404 g/mol. The summed E-state index contributed by atoms with van der Waals surface area (Å²) in [5.41, 5.74) is 3.60. The maximum absolute atomic E-state index is 14.1. The molecule has 3 aliphatic rings. The van der Waals surface area contributed by atoms with Gasteiger partial charge in [-0.3, -0.25) is 9.59 Å². The molecule has 2 aromatic rings. The predicted octanol–water partition coefficient (Wildman–Crippen LogP) is 3.94. The molecule has 2 atom stereocenters. The van der Waals surface area contributed by atoms with Crippen LogP contribution in [0.1, 0.15) is 64.7 Å². The number of benzene rings is 2. The Hall–Kier alpha value is -3.02. The number of methoxy groups -OCH3 is 2. The number of amides is 2. The number of carbonyl (C=O) groups excluding carboxylic acids is 2. The van der Waals surface area contributed by atoms with Crippen LogP contribution in [0.5, 0.6) is 11.5 Å². The summed E-state index contributed by atoms with van der Waals surface area (Å²) in [6, 6.07) is 11.5. The van der Waals surface area contributed by atoms with Crippen LogP contribution in [-0.2, 0) is 11.2 Å². The minimum absolute atomic E-state index is 0.0413. The zero-order chi connectivity index (χ0) is 22.2. The summed E-state index contributed by atoms with van der Waals surface area (Å²) in [5.74, 6) is 0.670. The van der Waals surface area contributed by atoms with E-state index in [1.165, 1.54) is 5.56 Å². The van der Waals surface area contributed by atoms with Crippen LogP contribution in [0.25, 0.3) is 0 Å². The van der Waals surface area contributed by atoms with Gasteiger partial charge in [0.15, 0.2) is 11.5 Å². The average molecular weight is 435 g/mol. The molecule has 3 heterocycles. The second-order valence-corrected chi connectivity index (χ2v) is 8.90. The third kappa shape index (κ3) is 3.33. The molecule has 6 heteroatoms. The maximum atomic E-state index is 14.1. The lowest BCUT2D eigenvalue weighted by Crippen LogP contribution is -2.51. The molecule has 0 bridgehead atoms. The average Bonchev–Trinajstić information content (AvgIpc) is 3.13. The van der Waals surface area contributed by atoms with Crippen molar-refractivity contribution in [3.63, 3.8) is 0 Å². The van der Waals surface area contributed by atoms with Gasteiger partial charge in [-0.1, -0.05) is 37.1 Å². The van der Waals surface area contributed by atoms with E-state index in [9.17, 15) is 9.59 Å². The number of hydrogen-bond donors (Lipinski definition) is 0. The number of likely N-dealkylation sites (tertiary alicyclic amines) is 1. The van der Waals surface area contributed by atoms with Crippen molar-refractivity contribution in [1.29, 1.82) is 0 Å². The second kappa shape index (κ2) is 8.49. The lowest BCUT2D eigenvalue weighted by molar-refractivity contribution is -0.134. The number of fused-ring (bicyclic) bond motifs is 4. The number of hydrogen-bond acceptors (Lipinski definition) is 4. The van der Waals surface area contributed by atoms with Crippen LogP contribution in [0.2, 0.25) is 0 Å². The highest BCUT2D eigenvalue weighted by molar-refractivity contribution is 6.02. The number of nitrogens with zero attached hydrogens (tertiary/aromatic N) is 2. The van der Waals surface area contributed by atoms with Gasteiger partial charge in [-0.25, -0.2) is 0 Å². The molecule has 3 aliphatic heterocycles. The third-order valence-corrected chi connectivity index (χ3v) is 7.21. The molecule has 2 aromatic carbocycles. The van der Waals surface area contributed by atoms with Crippen molar-refractivity contribution in [1.82, 2.24) is 9.80 Å². The van der Waals surface area contributed by atoms with Gasteiger partial charge in [-0.05, 0) is 48.1 Å². The molecule has 0 spiro atoms. The number of ether oxygens (including phenoxy) is 2. The van der Waals surface area contributed by atoms with Crippen molar-refractivity contribution < 1.29 is 19.1 Å². The van der Waals surface area contributed by atoms with Crippen LogP contribution in [-0.4, -0.2) is 55.5 Å². The predicted molar refractivity (Wildman–Crippen MR) is 121 cm³/mol. The zero-order valence-corrected chi connectivity index (χ0v) is 18.8. The molecule has 0 aromatic heterocycles. The van der Waals surface area contributed by atoms with Crippen molar-refractivity contribution in [3.05, 3.63) is 58.7 Å². The molecule has 0 unspecified atom stereocenters. The van der Waals surface area contributed by atoms with Gasteiger partial charge < -0.3 is 19.3 Å². The standard InChI is InChI=1S/C26H30N2O4/c1-31-21-15-19-20(16-22(21)32-2)25(29)28-14-11-17-9-5-6-10-18(17)24(28)23(19)26(30)27-12-7-3-4-8-13-27/h5-6,9-10,15-16,23-24H,3-4,7-8,11-14H2,1-2H3/t23-,24+/m0/s1. The van der Waals surface area contributed by atoms with E-state index in [2.05, 4.69) is 12.1 Å². The van der Waals surface area contributed by atoms with E-state index in [0.717, 1.165) is 56.3 Å². The van der Waals surface area contributed by atoms with Gasteiger partial charge in [0, 0.05) is 25.2 Å². The van der Waals surface area contributed by atoms with Gasteiger partial charge in [0.25, 0.3) is 5.91 Å². The van der Waals surface area contributed by atoms with Gasteiger partial charge in [-0.2, -0.15) is 0 Å². The molecule has 0 N–H and O–H groups in total. The fraction of sp³-hybridized carbons (Fsp3) is 0.462. The van der Waals surface area contributed by atoms with Crippen LogP contribution in [0.15, 0.2) is 36.4 Å². The van der Waals surface area contributed by atoms with E-state index in [4.69, 9.17) is 9.47 Å². The highest BCUT2D eigenvalue weighted by Crippen LogP contribution is 2.49. The Morgan fingerprint density at radius 1 is 0.906 bits per heavy atom. The van der Waals surface area contributed by atoms with Crippen molar-refractivity contribution in [2.45, 2.75) is 44.1 Å². The van der Waals surface area contributed by atoms with Gasteiger partial charge in [-0.15, -0.1) is 0 Å². The Kier molecular flexibility index (Phi) is 5.53. The third-order valence-electron chi connectivity index (χ3n) is 7.21. The Bertz CT molecular complexity index is 1040. The Labute approximate surface area is 189 Å². The molecule has 2 amide bonds. The van der Waals surface area contributed by atoms with Crippen molar-refractivity contribution in [3.8, 4) is 11.5 Å². The van der Waals surface area contributed by atoms with E-state index in [1.807, 2.05) is 28.0 Å². The van der Waals surface area contributed by atoms with Gasteiger partial charge in [0.1, 0.15) is 0 Å². The zero-order valence-electron chi connectivity index (χ0n) is 18.8. The highest BCUT2D eigenvalue weighted by Gasteiger charge is 2.48. The van der Waals surface area contributed by atoms with Crippen LogP contribution in [0, 0.1) is 0 Å². The van der Waals surface area contributed by atoms with Crippen molar-refractivity contribution >= 4 is 11.8 Å². The highest BCUT2D eigenvalue weighted by atomic mass is 16.5. The van der Waals surface area contributed by atoms with Gasteiger partial charge in [0.2, 0.25) is 5.91 Å². The molecule has 6 nitrogen and oxygen atoms in total. The van der Waals surface area contributed by atoms with E-state index in [-0.39, 0.29) is 17.9 Å². The molecule has 5 rings (SSSR count). The molecule has 1 fully saturated rings. The lowest BCUT2D eigenvalue weighted by atomic mass is 9.75. The monoisotopic (exact) mass is 434 g/mol. The van der Waals surface area contributed by atoms with Crippen molar-refractivity contribution in [2.24, 2.45) is 0 Å². The molecule has 1 saturated heterocycles. The Morgan fingerprint density at radius 2 is 1.59 bits per heavy atom. The fourth-order valence-corrected chi connectivity index (χ4v) is 5.60. The van der Waals surface area contributed by atoms with E-state index in [0.29, 0.717) is 23.6 Å². The summed E-state index contributed by atoms with van der Waals surface area (Å²) in [6.07, 6.45) is 5.17. The second-order valence-electron chi connectivity index (χ2n) is 8.90. The summed E-state index contributed by atoms with van der Waals surface area (Å²) >= 11 is 0. The summed E-state index contributed by atoms with van der Waals surface area (Å²) < 4.78 is 11.0. The van der Waals surface area contributed by atoms with Gasteiger partial charge >= 0.3 is 0 Å². The molecule has 0 aliphatic carbocycles. The Balaban J connectivity index is 1.69. The van der Waals surface area contributed by atoms with Crippen LogP contribution in [0.3, 0.4) is 0 Å². The first kappa shape index (κ1) is 20.9. The number of rotatable bonds is 3.